The number of hydrogen-bond acceptors (Lipinski definition) is 3. The minimum atomic E-state index is 0.149. The molecular formula is C14H13N3O. The molecule has 1 aromatic carbocycles. The standard InChI is InChI=1S/C14H13N3O/c1-9-4-3-5-12-13(9)17(2)14(16-12)10-6-11(18)8-15-7-10/h3-8,18H,1-2H3. The molecule has 0 radical (unpaired) electrons. The van der Waals surface area contributed by atoms with E-state index in [1.807, 2.05) is 23.7 Å². The first-order valence-electron chi connectivity index (χ1n) is 5.73. The van der Waals surface area contributed by atoms with Gasteiger partial charge in [0, 0.05) is 18.8 Å². The summed E-state index contributed by atoms with van der Waals surface area (Å²) in [5, 5.41) is 9.50. The number of nitrogens with zero attached hydrogens (tertiary/aromatic N) is 3. The molecule has 3 aromatic rings. The average Bonchev–Trinajstić information content (AvgIpc) is 2.68. The zero-order chi connectivity index (χ0) is 12.7. The molecule has 0 saturated heterocycles. The zero-order valence-corrected chi connectivity index (χ0v) is 10.3. The Labute approximate surface area is 105 Å². The quantitative estimate of drug-likeness (QED) is 0.710. The number of aromatic hydroxyl groups is 1. The molecule has 0 aliphatic rings. The first-order chi connectivity index (χ1) is 8.66. The van der Waals surface area contributed by atoms with E-state index in [4.69, 9.17) is 0 Å². The first kappa shape index (κ1) is 10.8. The van der Waals surface area contributed by atoms with Crippen molar-refractivity contribution in [3.8, 4) is 17.1 Å². The van der Waals surface area contributed by atoms with Gasteiger partial charge >= 0.3 is 0 Å². The molecule has 2 aromatic heterocycles. The molecule has 0 aliphatic heterocycles. The molecule has 0 spiro atoms. The highest BCUT2D eigenvalue weighted by Gasteiger charge is 2.11. The summed E-state index contributed by atoms with van der Waals surface area (Å²) < 4.78 is 2.03. The fourth-order valence-corrected chi connectivity index (χ4v) is 2.27. The molecule has 0 fully saturated rings. The highest BCUT2D eigenvalue weighted by Crippen LogP contribution is 2.26. The lowest BCUT2D eigenvalue weighted by atomic mass is 10.2. The van der Waals surface area contributed by atoms with Gasteiger partial charge in [0.05, 0.1) is 17.2 Å². The van der Waals surface area contributed by atoms with E-state index in [1.165, 1.54) is 11.8 Å². The second kappa shape index (κ2) is 3.84. The predicted octanol–water partition coefficient (Wildman–Crippen LogP) is 2.65. The van der Waals surface area contributed by atoms with Crippen molar-refractivity contribution in [3.05, 3.63) is 42.2 Å². The summed E-state index contributed by atoms with van der Waals surface area (Å²) in [5.74, 6) is 0.957. The molecule has 0 unspecified atom stereocenters. The van der Waals surface area contributed by atoms with Gasteiger partial charge < -0.3 is 9.67 Å². The fourth-order valence-electron chi connectivity index (χ4n) is 2.27. The van der Waals surface area contributed by atoms with Gasteiger partial charge in [0.25, 0.3) is 0 Å². The number of hydrogen-bond donors (Lipinski definition) is 1. The van der Waals surface area contributed by atoms with Crippen LogP contribution in [0.15, 0.2) is 36.7 Å². The summed E-state index contributed by atoms with van der Waals surface area (Å²) in [6, 6.07) is 7.72. The number of aryl methyl sites for hydroxylation is 2. The fraction of sp³-hybridized carbons (Fsp3) is 0.143. The Bertz CT molecular complexity index is 731. The Balaban J connectivity index is 2.31. The van der Waals surface area contributed by atoms with Gasteiger partial charge in [0.1, 0.15) is 11.6 Å². The number of para-hydroxylation sites is 1. The molecule has 2 heterocycles. The maximum Gasteiger partial charge on any atom is 0.142 e. The third-order valence-corrected chi connectivity index (χ3v) is 3.08. The molecule has 0 bridgehead atoms. The average molecular weight is 239 g/mol. The normalized spacial score (nSPS) is 11.0. The van der Waals surface area contributed by atoms with E-state index in [0.717, 1.165) is 22.4 Å². The molecule has 90 valence electrons. The van der Waals surface area contributed by atoms with Gasteiger partial charge in [-0.25, -0.2) is 4.98 Å². The minimum Gasteiger partial charge on any atom is -0.506 e. The van der Waals surface area contributed by atoms with Crippen LogP contribution in [-0.4, -0.2) is 19.6 Å². The molecule has 3 rings (SSSR count). The summed E-state index contributed by atoms with van der Waals surface area (Å²) in [7, 11) is 1.97. The molecule has 0 atom stereocenters. The van der Waals surface area contributed by atoms with Gasteiger partial charge in [-0.3, -0.25) is 4.98 Å². The smallest absolute Gasteiger partial charge is 0.142 e. The van der Waals surface area contributed by atoms with Gasteiger partial charge in [-0.2, -0.15) is 0 Å². The molecule has 1 N–H and O–H groups in total. The lowest BCUT2D eigenvalue weighted by Gasteiger charge is -2.03. The number of pyridine rings is 1. The topological polar surface area (TPSA) is 50.9 Å². The lowest BCUT2D eigenvalue weighted by Crippen LogP contribution is -1.94. The molecule has 0 aliphatic carbocycles. The van der Waals surface area contributed by atoms with Crippen molar-refractivity contribution in [2.45, 2.75) is 6.92 Å². The largest absolute Gasteiger partial charge is 0.506 e. The molecule has 0 saturated carbocycles. The van der Waals surface area contributed by atoms with Crippen LogP contribution in [0.2, 0.25) is 0 Å². The second-order valence-electron chi connectivity index (χ2n) is 4.37. The molecule has 4 heteroatoms. The summed E-state index contributed by atoms with van der Waals surface area (Å²) >= 11 is 0. The first-order valence-corrected chi connectivity index (χ1v) is 5.73. The number of fused-ring (bicyclic) bond motifs is 1. The van der Waals surface area contributed by atoms with Crippen molar-refractivity contribution in [3.63, 3.8) is 0 Å². The Morgan fingerprint density at radius 2 is 2.06 bits per heavy atom. The van der Waals surface area contributed by atoms with Crippen molar-refractivity contribution in [2.24, 2.45) is 7.05 Å². The van der Waals surface area contributed by atoms with Crippen LogP contribution in [0.5, 0.6) is 5.75 Å². The number of imidazole rings is 1. The Hall–Kier alpha value is -2.36. The summed E-state index contributed by atoms with van der Waals surface area (Å²) in [4.78, 5) is 8.59. The Morgan fingerprint density at radius 1 is 1.22 bits per heavy atom. The Kier molecular flexibility index (Phi) is 2.30. The van der Waals surface area contributed by atoms with E-state index in [1.54, 1.807) is 12.3 Å². The molecular weight excluding hydrogens is 226 g/mol. The van der Waals surface area contributed by atoms with Crippen LogP contribution in [0.3, 0.4) is 0 Å². The van der Waals surface area contributed by atoms with E-state index >= 15 is 0 Å². The number of aromatic nitrogens is 3. The van der Waals surface area contributed by atoms with Gasteiger partial charge in [0.2, 0.25) is 0 Å². The predicted molar refractivity (Wildman–Crippen MR) is 70.3 cm³/mol. The van der Waals surface area contributed by atoms with E-state index in [2.05, 4.69) is 23.0 Å². The van der Waals surface area contributed by atoms with Crippen LogP contribution in [0.1, 0.15) is 5.56 Å². The molecule has 0 amide bonds. The third-order valence-electron chi connectivity index (χ3n) is 3.08. The highest BCUT2D eigenvalue weighted by atomic mass is 16.3. The maximum absolute atomic E-state index is 9.50. The van der Waals surface area contributed by atoms with Crippen molar-refractivity contribution in [2.75, 3.05) is 0 Å². The van der Waals surface area contributed by atoms with Gasteiger partial charge in [-0.05, 0) is 24.6 Å². The summed E-state index contributed by atoms with van der Waals surface area (Å²) in [6.07, 6.45) is 3.12. The van der Waals surface area contributed by atoms with Crippen LogP contribution >= 0.6 is 0 Å². The van der Waals surface area contributed by atoms with Crippen molar-refractivity contribution >= 4 is 11.0 Å². The van der Waals surface area contributed by atoms with Crippen LogP contribution in [-0.2, 0) is 7.05 Å². The minimum absolute atomic E-state index is 0.149. The van der Waals surface area contributed by atoms with E-state index in [-0.39, 0.29) is 5.75 Å². The summed E-state index contributed by atoms with van der Waals surface area (Å²) in [5.41, 5.74) is 4.06. The van der Waals surface area contributed by atoms with Crippen LogP contribution < -0.4 is 0 Å². The number of benzene rings is 1. The van der Waals surface area contributed by atoms with Crippen LogP contribution in [0, 0.1) is 6.92 Å². The van der Waals surface area contributed by atoms with Crippen LogP contribution in [0.25, 0.3) is 22.4 Å². The number of rotatable bonds is 1. The van der Waals surface area contributed by atoms with Gasteiger partial charge in [0.15, 0.2) is 0 Å². The lowest BCUT2D eigenvalue weighted by molar-refractivity contribution is 0.473. The van der Waals surface area contributed by atoms with E-state index in [9.17, 15) is 5.11 Å². The van der Waals surface area contributed by atoms with Crippen LogP contribution in [0.4, 0.5) is 0 Å². The monoisotopic (exact) mass is 239 g/mol. The van der Waals surface area contributed by atoms with E-state index in [0.29, 0.717) is 0 Å². The summed E-state index contributed by atoms with van der Waals surface area (Å²) in [6.45, 7) is 2.06. The van der Waals surface area contributed by atoms with Gasteiger partial charge in [-0.15, -0.1) is 0 Å². The molecule has 4 nitrogen and oxygen atoms in total. The second-order valence-corrected chi connectivity index (χ2v) is 4.37. The third kappa shape index (κ3) is 1.54. The van der Waals surface area contributed by atoms with Gasteiger partial charge in [-0.1, -0.05) is 12.1 Å². The SMILES string of the molecule is Cc1cccc2nc(-c3cncc(O)c3)n(C)c12. The van der Waals surface area contributed by atoms with E-state index < -0.39 is 0 Å². The maximum atomic E-state index is 9.50. The van der Waals surface area contributed by atoms with Crippen molar-refractivity contribution < 1.29 is 5.11 Å². The highest BCUT2D eigenvalue weighted by molar-refractivity contribution is 5.83. The van der Waals surface area contributed by atoms with Crippen molar-refractivity contribution in [1.82, 2.24) is 14.5 Å². The zero-order valence-electron chi connectivity index (χ0n) is 10.3. The van der Waals surface area contributed by atoms with Crippen molar-refractivity contribution in [1.29, 1.82) is 0 Å². The Morgan fingerprint density at radius 3 is 2.78 bits per heavy atom. The molecule has 18 heavy (non-hydrogen) atoms.